The highest BCUT2D eigenvalue weighted by atomic mass is 19.1. The Kier molecular flexibility index (Phi) is 4.59. The van der Waals surface area contributed by atoms with E-state index in [9.17, 15) is 9.18 Å². The number of pyridine rings is 1. The maximum atomic E-state index is 13.6. The Morgan fingerprint density at radius 3 is 2.46 bits per heavy atom. The number of nitrogens with zero attached hydrogens (tertiary/aromatic N) is 1. The molecule has 0 spiro atoms. The first-order valence-corrected chi connectivity index (χ1v) is 9.21. The molecule has 1 aliphatic heterocycles. The number of rotatable bonds is 3. The Hall–Kier alpha value is -3.21. The first kappa shape index (κ1) is 18.2. The highest BCUT2D eigenvalue weighted by molar-refractivity contribution is 5.95. The number of halogens is 1. The molecule has 28 heavy (non-hydrogen) atoms. The molecule has 3 aromatic rings. The van der Waals surface area contributed by atoms with Crippen LogP contribution in [0.15, 0.2) is 67.0 Å². The average molecular weight is 376 g/mol. The van der Waals surface area contributed by atoms with Crippen LogP contribution in [0.2, 0.25) is 0 Å². The van der Waals surface area contributed by atoms with Gasteiger partial charge in [-0.25, -0.2) is 4.39 Å². The van der Waals surface area contributed by atoms with Gasteiger partial charge in [0.15, 0.2) is 0 Å². The highest BCUT2D eigenvalue weighted by Crippen LogP contribution is 2.39. The number of hydrogen-bond acceptors (Lipinski definition) is 3. The van der Waals surface area contributed by atoms with Gasteiger partial charge in [-0.15, -0.1) is 0 Å². The largest absolute Gasteiger partial charge is 0.487 e. The van der Waals surface area contributed by atoms with Gasteiger partial charge in [0.2, 0.25) is 0 Å². The van der Waals surface area contributed by atoms with E-state index in [1.54, 1.807) is 30.6 Å². The van der Waals surface area contributed by atoms with E-state index in [4.69, 9.17) is 4.74 Å². The summed E-state index contributed by atoms with van der Waals surface area (Å²) in [5, 5.41) is 3.07. The summed E-state index contributed by atoms with van der Waals surface area (Å²) >= 11 is 0. The second-order valence-electron chi connectivity index (χ2n) is 7.59. The number of amides is 1. The summed E-state index contributed by atoms with van der Waals surface area (Å²) in [4.78, 5) is 16.8. The molecule has 4 nitrogen and oxygen atoms in total. The fourth-order valence-corrected chi connectivity index (χ4v) is 3.55. The van der Waals surface area contributed by atoms with Crippen LogP contribution in [-0.2, 0) is 0 Å². The molecule has 0 bridgehead atoms. The van der Waals surface area contributed by atoms with Gasteiger partial charge < -0.3 is 10.1 Å². The Bertz CT molecular complexity index is 1000. The Morgan fingerprint density at radius 2 is 1.75 bits per heavy atom. The summed E-state index contributed by atoms with van der Waals surface area (Å²) < 4.78 is 19.5. The van der Waals surface area contributed by atoms with Gasteiger partial charge in [-0.05, 0) is 55.3 Å². The van der Waals surface area contributed by atoms with E-state index in [1.807, 2.05) is 38.1 Å². The quantitative estimate of drug-likeness (QED) is 0.706. The molecule has 1 N–H and O–H groups in total. The van der Waals surface area contributed by atoms with Crippen LogP contribution in [0.1, 0.15) is 42.2 Å². The smallest absolute Gasteiger partial charge is 0.251 e. The minimum atomic E-state index is -0.496. The minimum absolute atomic E-state index is 0.167. The monoisotopic (exact) mass is 376 g/mol. The molecule has 1 amide bonds. The summed E-state index contributed by atoms with van der Waals surface area (Å²) in [6, 6.07) is 15.5. The van der Waals surface area contributed by atoms with Crippen molar-refractivity contribution >= 4 is 5.91 Å². The van der Waals surface area contributed by atoms with Crippen LogP contribution in [0.5, 0.6) is 5.75 Å². The van der Waals surface area contributed by atoms with Gasteiger partial charge in [-0.1, -0.05) is 18.2 Å². The van der Waals surface area contributed by atoms with Gasteiger partial charge >= 0.3 is 0 Å². The van der Waals surface area contributed by atoms with Crippen molar-refractivity contribution in [3.8, 4) is 16.9 Å². The van der Waals surface area contributed by atoms with Crippen molar-refractivity contribution in [1.29, 1.82) is 0 Å². The lowest BCUT2D eigenvalue weighted by Gasteiger charge is -2.37. The van der Waals surface area contributed by atoms with Crippen molar-refractivity contribution in [2.45, 2.75) is 31.9 Å². The first-order chi connectivity index (χ1) is 13.4. The average Bonchev–Trinajstić information content (AvgIpc) is 2.67. The number of fused-ring (bicyclic) bond motifs is 1. The van der Waals surface area contributed by atoms with Gasteiger partial charge in [0.1, 0.15) is 17.2 Å². The molecule has 2 heterocycles. The number of ether oxygens (including phenoxy) is 1. The third-order valence-corrected chi connectivity index (χ3v) is 4.90. The second kappa shape index (κ2) is 7.08. The SMILES string of the molecule is CC1(C)CC(NC(=O)c2ccc(-c3ccncc3)cc2)c2ccc(F)cc2O1. The molecule has 0 radical (unpaired) electrons. The Labute approximate surface area is 163 Å². The first-order valence-electron chi connectivity index (χ1n) is 9.21. The predicted molar refractivity (Wildman–Crippen MR) is 106 cm³/mol. The molecule has 0 saturated carbocycles. The number of hydrogen-bond donors (Lipinski definition) is 1. The fraction of sp³-hybridized carbons (Fsp3) is 0.217. The Morgan fingerprint density at radius 1 is 1.07 bits per heavy atom. The van der Waals surface area contributed by atoms with Crippen molar-refractivity contribution in [1.82, 2.24) is 10.3 Å². The van der Waals surface area contributed by atoms with Crippen LogP contribution in [-0.4, -0.2) is 16.5 Å². The predicted octanol–water partition coefficient (Wildman–Crippen LogP) is 4.92. The van der Waals surface area contributed by atoms with Gasteiger partial charge in [-0.3, -0.25) is 9.78 Å². The van der Waals surface area contributed by atoms with E-state index < -0.39 is 5.60 Å². The van der Waals surface area contributed by atoms with E-state index >= 15 is 0 Å². The summed E-state index contributed by atoms with van der Waals surface area (Å²) in [5.74, 6) is -0.0398. The highest BCUT2D eigenvalue weighted by Gasteiger charge is 2.34. The molecular formula is C23H21FN2O2. The second-order valence-corrected chi connectivity index (χ2v) is 7.59. The number of carbonyl (C=O) groups excluding carboxylic acids is 1. The van der Waals surface area contributed by atoms with Crippen LogP contribution < -0.4 is 10.1 Å². The molecule has 1 atom stereocenters. The lowest BCUT2D eigenvalue weighted by atomic mass is 9.89. The maximum Gasteiger partial charge on any atom is 0.251 e. The summed E-state index contributed by atoms with van der Waals surface area (Å²) in [6.45, 7) is 3.87. The van der Waals surface area contributed by atoms with Gasteiger partial charge in [0, 0.05) is 36.0 Å². The van der Waals surface area contributed by atoms with E-state index in [0.29, 0.717) is 17.7 Å². The zero-order valence-corrected chi connectivity index (χ0v) is 15.8. The third-order valence-electron chi connectivity index (χ3n) is 4.90. The molecule has 1 aliphatic rings. The van der Waals surface area contributed by atoms with E-state index in [-0.39, 0.29) is 17.8 Å². The molecular weight excluding hydrogens is 355 g/mol. The van der Waals surface area contributed by atoms with Gasteiger partial charge in [0.05, 0.1) is 6.04 Å². The fourth-order valence-electron chi connectivity index (χ4n) is 3.55. The van der Waals surface area contributed by atoms with Crippen molar-refractivity contribution < 1.29 is 13.9 Å². The van der Waals surface area contributed by atoms with Crippen molar-refractivity contribution in [3.05, 3.63) is 83.9 Å². The van der Waals surface area contributed by atoms with Crippen LogP contribution in [0.3, 0.4) is 0 Å². The van der Waals surface area contributed by atoms with Gasteiger partial charge in [0.25, 0.3) is 5.91 Å². The normalized spacial score (nSPS) is 17.3. The molecule has 4 rings (SSSR count). The molecule has 0 aliphatic carbocycles. The lowest BCUT2D eigenvalue weighted by Crippen LogP contribution is -2.41. The summed E-state index contributed by atoms with van der Waals surface area (Å²) in [6.07, 6.45) is 4.08. The molecule has 5 heteroatoms. The maximum absolute atomic E-state index is 13.6. The topological polar surface area (TPSA) is 51.2 Å². The molecule has 2 aromatic carbocycles. The van der Waals surface area contributed by atoms with Crippen molar-refractivity contribution in [3.63, 3.8) is 0 Å². The number of carbonyl (C=O) groups is 1. The van der Waals surface area contributed by atoms with Crippen molar-refractivity contribution in [2.24, 2.45) is 0 Å². The summed E-state index contributed by atoms with van der Waals surface area (Å²) in [5.41, 5.74) is 2.94. The zero-order valence-electron chi connectivity index (χ0n) is 15.8. The molecule has 0 saturated heterocycles. The third kappa shape index (κ3) is 3.74. The van der Waals surface area contributed by atoms with Crippen LogP contribution in [0, 0.1) is 5.82 Å². The van der Waals surface area contributed by atoms with Crippen LogP contribution in [0.25, 0.3) is 11.1 Å². The molecule has 142 valence electrons. The van der Waals surface area contributed by atoms with Crippen molar-refractivity contribution in [2.75, 3.05) is 0 Å². The molecule has 0 fully saturated rings. The van der Waals surface area contributed by atoms with Crippen LogP contribution in [0.4, 0.5) is 4.39 Å². The molecule has 1 aromatic heterocycles. The summed E-state index contributed by atoms with van der Waals surface area (Å²) in [7, 11) is 0. The van der Waals surface area contributed by atoms with E-state index in [1.165, 1.54) is 12.1 Å². The number of nitrogens with one attached hydrogen (secondary N) is 1. The van der Waals surface area contributed by atoms with E-state index in [2.05, 4.69) is 10.3 Å². The minimum Gasteiger partial charge on any atom is -0.487 e. The lowest BCUT2D eigenvalue weighted by molar-refractivity contribution is 0.0616. The zero-order chi connectivity index (χ0) is 19.7. The standard InChI is InChI=1S/C23H21FN2O2/c1-23(2)14-20(19-8-7-18(24)13-21(19)28-23)26-22(27)17-5-3-15(4-6-17)16-9-11-25-12-10-16/h3-13,20H,14H2,1-2H3,(H,26,27). The number of aromatic nitrogens is 1. The number of benzene rings is 2. The molecule has 1 unspecified atom stereocenters. The van der Waals surface area contributed by atoms with Gasteiger partial charge in [-0.2, -0.15) is 0 Å². The van der Waals surface area contributed by atoms with E-state index in [0.717, 1.165) is 16.7 Å². The Balaban J connectivity index is 1.55. The van der Waals surface area contributed by atoms with Crippen LogP contribution >= 0.6 is 0 Å².